The number of hydrogen-bond donors (Lipinski definition) is 2. The van der Waals surface area contributed by atoms with Crippen molar-refractivity contribution in [2.75, 3.05) is 26.3 Å². The Hall–Kier alpha value is -1.46. The second-order valence-electron chi connectivity index (χ2n) is 22.9. The third kappa shape index (κ3) is 64.7. The molecule has 6 nitrogen and oxygen atoms in total. The fraction of sp³-hybridized carbons (Fsp3) is 0.970. The highest BCUT2D eigenvalue weighted by molar-refractivity contribution is 5.67. The Balaban J connectivity index is 3.21. The zero-order valence-electron chi connectivity index (χ0n) is 49.5. The molecule has 0 aliphatic carbocycles. The van der Waals surface area contributed by atoms with Gasteiger partial charge in [-0.3, -0.25) is 0 Å². The van der Waals surface area contributed by atoms with Crippen molar-refractivity contribution in [1.82, 2.24) is 10.6 Å². The summed E-state index contributed by atoms with van der Waals surface area (Å²) >= 11 is 0. The van der Waals surface area contributed by atoms with Crippen molar-refractivity contribution in [1.29, 1.82) is 0 Å². The summed E-state index contributed by atoms with van der Waals surface area (Å²) in [6.45, 7) is 6.94. The Morgan fingerprint density at radius 2 is 0.347 bits per heavy atom. The summed E-state index contributed by atoms with van der Waals surface area (Å²) in [5.41, 5.74) is 0. The maximum absolute atomic E-state index is 12.0. The van der Waals surface area contributed by atoms with Gasteiger partial charge in [0.05, 0.1) is 13.2 Å². The molecule has 0 aromatic heterocycles. The molecule has 0 heterocycles. The molecule has 0 unspecified atom stereocenters. The van der Waals surface area contributed by atoms with Crippen molar-refractivity contribution in [3.05, 3.63) is 0 Å². The highest BCUT2D eigenvalue weighted by Gasteiger charge is 2.04. The zero-order chi connectivity index (χ0) is 51.8. The van der Waals surface area contributed by atoms with E-state index in [-0.39, 0.29) is 12.2 Å². The summed E-state index contributed by atoms with van der Waals surface area (Å²) < 4.78 is 10.7. The van der Waals surface area contributed by atoms with Gasteiger partial charge in [-0.25, -0.2) is 9.59 Å². The van der Waals surface area contributed by atoms with Crippen LogP contribution >= 0.6 is 0 Å². The summed E-state index contributed by atoms with van der Waals surface area (Å²) in [6.07, 6.45) is 78.8. The van der Waals surface area contributed by atoms with Gasteiger partial charge in [0, 0.05) is 13.1 Å². The Bertz CT molecular complexity index is 930. The third-order valence-electron chi connectivity index (χ3n) is 15.6. The predicted octanol–water partition coefficient (Wildman–Crippen LogP) is 23.1. The third-order valence-corrected chi connectivity index (χ3v) is 15.6. The normalized spacial score (nSPS) is 11.4. The van der Waals surface area contributed by atoms with Crippen molar-refractivity contribution in [2.45, 2.75) is 386 Å². The van der Waals surface area contributed by atoms with Gasteiger partial charge in [-0.15, -0.1) is 0 Å². The van der Waals surface area contributed by atoms with E-state index < -0.39 is 0 Å². The minimum absolute atomic E-state index is 0.287. The van der Waals surface area contributed by atoms with Gasteiger partial charge in [-0.1, -0.05) is 361 Å². The molecule has 2 N–H and O–H groups in total. The molecule has 0 aromatic carbocycles. The van der Waals surface area contributed by atoms with Gasteiger partial charge in [0.25, 0.3) is 0 Å². The maximum atomic E-state index is 12.0. The van der Waals surface area contributed by atoms with Crippen LogP contribution in [0.1, 0.15) is 386 Å². The number of ether oxygens (including phenoxy) is 2. The summed E-state index contributed by atoms with van der Waals surface area (Å²) in [5, 5.41) is 5.77. The van der Waals surface area contributed by atoms with Crippen LogP contribution in [0, 0.1) is 0 Å². The lowest BCUT2D eigenvalue weighted by Gasteiger charge is -2.08. The first-order valence-electron chi connectivity index (χ1n) is 33.5. The van der Waals surface area contributed by atoms with E-state index in [2.05, 4.69) is 24.5 Å². The summed E-state index contributed by atoms with van der Waals surface area (Å²) in [7, 11) is 0. The van der Waals surface area contributed by atoms with E-state index >= 15 is 0 Å². The summed E-state index contributed by atoms with van der Waals surface area (Å²) in [5.74, 6) is 0. The van der Waals surface area contributed by atoms with Crippen LogP contribution in [0.15, 0.2) is 0 Å². The largest absolute Gasteiger partial charge is 0.450 e. The molecule has 0 radical (unpaired) electrons. The Morgan fingerprint density at radius 3 is 0.514 bits per heavy atom. The molecule has 2 amide bonds. The molecule has 0 atom stereocenters. The van der Waals surface area contributed by atoms with Crippen molar-refractivity contribution in [3.8, 4) is 0 Å². The number of carbonyl (C=O) groups excluding carboxylic acids is 2. The lowest BCUT2D eigenvalue weighted by atomic mass is 10.0. The molecular weight excluding hydrogens is 885 g/mol. The lowest BCUT2D eigenvalue weighted by molar-refractivity contribution is 0.142. The molecule has 430 valence electrons. The van der Waals surface area contributed by atoms with Crippen LogP contribution < -0.4 is 10.6 Å². The number of hydrogen-bond acceptors (Lipinski definition) is 4. The van der Waals surface area contributed by atoms with Gasteiger partial charge in [0.15, 0.2) is 0 Å². The lowest BCUT2D eigenvalue weighted by Crippen LogP contribution is -2.26. The summed E-state index contributed by atoms with van der Waals surface area (Å²) in [4.78, 5) is 24.0. The van der Waals surface area contributed by atoms with E-state index in [1.807, 2.05) is 0 Å². The van der Waals surface area contributed by atoms with Crippen molar-refractivity contribution in [3.63, 3.8) is 0 Å². The standard InChI is InChI=1S/C66H132N2O4/c1-3-5-7-9-11-13-15-17-19-21-23-25-27-29-31-33-35-37-39-41-43-45-47-49-51-55-59-63-71-65(69)67-61-57-53-54-58-62-68-66(70)72-64-60-56-52-50-48-46-44-42-40-38-36-34-32-30-28-26-24-22-20-18-16-14-12-10-8-6-4-2/h3-64H2,1-2H3,(H,67,69)(H,68,70). The van der Waals surface area contributed by atoms with Crippen molar-refractivity contribution < 1.29 is 19.1 Å². The monoisotopic (exact) mass is 1020 g/mol. The van der Waals surface area contributed by atoms with Crippen LogP contribution in [0.2, 0.25) is 0 Å². The van der Waals surface area contributed by atoms with Crippen LogP contribution in [-0.2, 0) is 9.47 Å². The smallest absolute Gasteiger partial charge is 0.407 e. The first-order chi connectivity index (χ1) is 35.7. The Morgan fingerprint density at radius 1 is 0.208 bits per heavy atom. The minimum Gasteiger partial charge on any atom is -0.450 e. The molecule has 72 heavy (non-hydrogen) atoms. The second kappa shape index (κ2) is 65.7. The first-order valence-corrected chi connectivity index (χ1v) is 33.5. The van der Waals surface area contributed by atoms with Crippen LogP contribution in [0.4, 0.5) is 9.59 Å². The molecule has 0 aliphatic rings. The van der Waals surface area contributed by atoms with Gasteiger partial charge in [-0.05, 0) is 25.7 Å². The summed E-state index contributed by atoms with van der Waals surface area (Å²) in [6, 6.07) is 0. The number of alkyl carbamates (subject to hydrolysis) is 2. The second-order valence-corrected chi connectivity index (χ2v) is 22.9. The predicted molar refractivity (Wildman–Crippen MR) is 318 cm³/mol. The maximum Gasteiger partial charge on any atom is 0.407 e. The average molecular weight is 1020 g/mol. The number of amides is 2. The van der Waals surface area contributed by atoms with Crippen LogP contribution in [-0.4, -0.2) is 38.5 Å². The minimum atomic E-state index is -0.287. The molecule has 0 bridgehead atoms. The number of rotatable bonds is 63. The van der Waals surface area contributed by atoms with Crippen LogP contribution in [0.25, 0.3) is 0 Å². The fourth-order valence-electron chi connectivity index (χ4n) is 10.6. The molecule has 0 saturated carbocycles. The molecule has 0 fully saturated rings. The van der Waals surface area contributed by atoms with Crippen LogP contribution in [0.3, 0.4) is 0 Å². The molecular formula is C66H132N2O4. The fourth-order valence-corrected chi connectivity index (χ4v) is 10.6. The van der Waals surface area contributed by atoms with Crippen LogP contribution in [0.5, 0.6) is 0 Å². The van der Waals surface area contributed by atoms with Gasteiger partial charge >= 0.3 is 12.2 Å². The number of nitrogens with one attached hydrogen (secondary N) is 2. The molecule has 0 aromatic rings. The van der Waals surface area contributed by atoms with E-state index in [1.165, 1.54) is 321 Å². The number of unbranched alkanes of at least 4 members (excludes halogenated alkanes) is 55. The topological polar surface area (TPSA) is 76.7 Å². The van der Waals surface area contributed by atoms with Gasteiger partial charge < -0.3 is 20.1 Å². The Labute approximate surface area is 452 Å². The highest BCUT2D eigenvalue weighted by Crippen LogP contribution is 2.19. The van der Waals surface area contributed by atoms with Crippen molar-refractivity contribution in [2.24, 2.45) is 0 Å². The highest BCUT2D eigenvalue weighted by atomic mass is 16.6. The van der Waals surface area contributed by atoms with E-state index in [4.69, 9.17) is 9.47 Å². The molecule has 0 rings (SSSR count). The van der Waals surface area contributed by atoms with Gasteiger partial charge in [-0.2, -0.15) is 0 Å². The Kier molecular flexibility index (Phi) is 64.3. The quantitative estimate of drug-likeness (QED) is 0.0595. The molecule has 0 saturated heterocycles. The molecule has 0 spiro atoms. The number of carbonyl (C=O) groups is 2. The SMILES string of the molecule is CCCCCCCCCCCCCCCCCCCCCCCCCCCCCOC(=O)NCCCCCCNC(=O)OCCCCCCCCCCCCCCCCCCCCCCCCCCCCC. The van der Waals surface area contributed by atoms with E-state index in [0.29, 0.717) is 26.3 Å². The van der Waals surface area contributed by atoms with E-state index in [0.717, 1.165) is 51.4 Å². The van der Waals surface area contributed by atoms with Gasteiger partial charge in [0.1, 0.15) is 0 Å². The van der Waals surface area contributed by atoms with E-state index in [1.54, 1.807) is 0 Å². The first kappa shape index (κ1) is 70.5. The zero-order valence-corrected chi connectivity index (χ0v) is 49.5. The van der Waals surface area contributed by atoms with E-state index in [9.17, 15) is 9.59 Å². The average Bonchev–Trinajstić information content (AvgIpc) is 3.38. The van der Waals surface area contributed by atoms with Gasteiger partial charge in [0.2, 0.25) is 0 Å². The molecule has 6 heteroatoms. The van der Waals surface area contributed by atoms with Crippen molar-refractivity contribution >= 4 is 12.2 Å². The molecule has 0 aliphatic heterocycles.